The number of ether oxygens (including phenoxy) is 1. The van der Waals surface area contributed by atoms with Crippen molar-refractivity contribution in [1.29, 1.82) is 0 Å². The van der Waals surface area contributed by atoms with Crippen molar-refractivity contribution in [3.8, 4) is 11.5 Å². The molecule has 0 amide bonds. The fourth-order valence-corrected chi connectivity index (χ4v) is 3.28. The Morgan fingerprint density at radius 3 is 2.30 bits per heavy atom. The number of aromatic nitrogens is 2. The lowest BCUT2D eigenvalue weighted by molar-refractivity contribution is 0.473. The maximum Gasteiger partial charge on any atom is 0.169 e. The van der Waals surface area contributed by atoms with E-state index in [-0.39, 0.29) is 0 Å². The number of hydrogen-bond donors (Lipinski definition) is 0. The van der Waals surface area contributed by atoms with Gasteiger partial charge in [-0.25, -0.2) is 0 Å². The van der Waals surface area contributed by atoms with E-state index in [1.54, 1.807) is 18.6 Å². The maximum atomic E-state index is 5.99. The second kappa shape index (κ2) is 5.09. The number of anilines is 3. The summed E-state index contributed by atoms with van der Waals surface area (Å²) in [5, 5.41) is 0. The van der Waals surface area contributed by atoms with Crippen LogP contribution in [0.5, 0.6) is 11.5 Å². The van der Waals surface area contributed by atoms with Gasteiger partial charge in [0.05, 0.1) is 23.8 Å². The van der Waals surface area contributed by atoms with Crippen LogP contribution in [0.4, 0.5) is 17.1 Å². The van der Waals surface area contributed by atoms with Crippen LogP contribution in [0.1, 0.15) is 16.7 Å². The molecule has 1 aliphatic rings. The van der Waals surface area contributed by atoms with Crippen molar-refractivity contribution >= 4 is 17.1 Å². The molecule has 3 heterocycles. The second-order valence-corrected chi connectivity index (χ2v) is 5.87. The van der Waals surface area contributed by atoms with E-state index in [1.165, 1.54) is 22.4 Å². The molecule has 23 heavy (non-hydrogen) atoms. The summed E-state index contributed by atoms with van der Waals surface area (Å²) in [4.78, 5) is 10.7. The predicted molar refractivity (Wildman–Crippen MR) is 91.0 cm³/mol. The van der Waals surface area contributed by atoms with Crippen LogP contribution in [0, 0.1) is 20.8 Å². The Balaban J connectivity index is 2.02. The minimum Gasteiger partial charge on any atom is -0.451 e. The minimum atomic E-state index is 0.755. The van der Waals surface area contributed by atoms with Gasteiger partial charge in [0, 0.05) is 18.5 Å². The van der Waals surface area contributed by atoms with Crippen LogP contribution in [0.25, 0.3) is 0 Å². The first-order valence-electron chi connectivity index (χ1n) is 7.59. The second-order valence-electron chi connectivity index (χ2n) is 5.87. The van der Waals surface area contributed by atoms with Gasteiger partial charge in [-0.1, -0.05) is 17.7 Å². The third-order valence-corrected chi connectivity index (χ3v) is 4.08. The van der Waals surface area contributed by atoms with Crippen molar-refractivity contribution in [3.63, 3.8) is 0 Å². The molecule has 0 atom stereocenters. The molecule has 0 bridgehead atoms. The van der Waals surface area contributed by atoms with Gasteiger partial charge < -0.3 is 9.64 Å². The maximum absolute atomic E-state index is 5.99. The lowest BCUT2D eigenvalue weighted by atomic mass is 10.0. The van der Waals surface area contributed by atoms with Crippen molar-refractivity contribution in [2.24, 2.45) is 0 Å². The highest BCUT2D eigenvalue weighted by molar-refractivity contribution is 5.87. The number of pyridine rings is 2. The number of hydrogen-bond acceptors (Lipinski definition) is 4. The number of rotatable bonds is 1. The molecule has 4 heteroatoms. The van der Waals surface area contributed by atoms with E-state index < -0.39 is 0 Å². The molecule has 0 N–H and O–H groups in total. The van der Waals surface area contributed by atoms with Crippen molar-refractivity contribution in [1.82, 2.24) is 9.97 Å². The van der Waals surface area contributed by atoms with E-state index in [0.717, 1.165) is 22.9 Å². The van der Waals surface area contributed by atoms with Gasteiger partial charge in [0.2, 0.25) is 0 Å². The molecular formula is C19H17N3O. The molecule has 0 unspecified atom stereocenters. The Hall–Kier alpha value is -2.88. The summed E-state index contributed by atoms with van der Waals surface area (Å²) in [6, 6.07) is 8.27. The van der Waals surface area contributed by atoms with Crippen LogP contribution in [0.2, 0.25) is 0 Å². The average Bonchev–Trinajstić information content (AvgIpc) is 2.53. The van der Waals surface area contributed by atoms with Crippen molar-refractivity contribution in [2.45, 2.75) is 20.8 Å². The summed E-state index contributed by atoms with van der Waals surface area (Å²) < 4.78 is 5.99. The zero-order valence-electron chi connectivity index (χ0n) is 13.4. The van der Waals surface area contributed by atoms with E-state index in [9.17, 15) is 0 Å². The summed E-state index contributed by atoms with van der Waals surface area (Å²) in [6.07, 6.45) is 7.13. The Morgan fingerprint density at radius 2 is 1.52 bits per heavy atom. The normalized spacial score (nSPS) is 12.4. The van der Waals surface area contributed by atoms with E-state index in [0.29, 0.717) is 0 Å². The molecule has 2 aromatic heterocycles. The van der Waals surface area contributed by atoms with Gasteiger partial charge in [-0.3, -0.25) is 9.97 Å². The Kier molecular flexibility index (Phi) is 3.05. The van der Waals surface area contributed by atoms with Crippen LogP contribution in [-0.2, 0) is 0 Å². The molecule has 0 saturated carbocycles. The quantitative estimate of drug-likeness (QED) is 0.497. The average molecular weight is 303 g/mol. The molecule has 0 saturated heterocycles. The molecule has 114 valence electrons. The minimum absolute atomic E-state index is 0.755. The highest BCUT2D eigenvalue weighted by Gasteiger charge is 2.27. The largest absolute Gasteiger partial charge is 0.451 e. The molecule has 4 rings (SSSR count). The van der Waals surface area contributed by atoms with E-state index in [2.05, 4.69) is 47.8 Å². The van der Waals surface area contributed by atoms with E-state index >= 15 is 0 Å². The van der Waals surface area contributed by atoms with Gasteiger partial charge in [-0.15, -0.1) is 0 Å². The predicted octanol–water partition coefficient (Wildman–Crippen LogP) is 4.98. The fraction of sp³-hybridized carbons (Fsp3) is 0.158. The molecule has 0 aliphatic carbocycles. The van der Waals surface area contributed by atoms with Crippen molar-refractivity contribution < 1.29 is 4.74 Å². The van der Waals surface area contributed by atoms with Gasteiger partial charge in [0.25, 0.3) is 0 Å². The number of aryl methyl sites for hydroxylation is 3. The topological polar surface area (TPSA) is 38.2 Å². The molecular weight excluding hydrogens is 286 g/mol. The van der Waals surface area contributed by atoms with Crippen LogP contribution in [0.3, 0.4) is 0 Å². The standard InChI is InChI=1S/C19H17N3O/c1-12-8-13(2)19(14(3)9-12)22-15-4-6-21-11-18(15)23-17-5-7-20-10-16(17)22/h4-11H,1-3H3. The summed E-state index contributed by atoms with van der Waals surface area (Å²) in [5.74, 6) is 1.55. The number of fused-ring (bicyclic) bond motifs is 2. The summed E-state index contributed by atoms with van der Waals surface area (Å²) in [5.41, 5.74) is 6.81. The first kappa shape index (κ1) is 13.8. The zero-order chi connectivity index (χ0) is 16.0. The van der Waals surface area contributed by atoms with Gasteiger partial charge in [-0.2, -0.15) is 0 Å². The van der Waals surface area contributed by atoms with Crippen LogP contribution in [0.15, 0.2) is 49.1 Å². The Morgan fingerprint density at radius 1 is 0.826 bits per heavy atom. The van der Waals surface area contributed by atoms with Crippen LogP contribution in [-0.4, -0.2) is 9.97 Å². The SMILES string of the molecule is Cc1cc(C)c(N2c3ccncc3Oc3ccncc32)c(C)c1. The molecule has 0 fully saturated rings. The molecule has 0 spiro atoms. The van der Waals surface area contributed by atoms with Crippen LogP contribution < -0.4 is 9.64 Å². The van der Waals surface area contributed by atoms with E-state index in [1.807, 2.05) is 18.3 Å². The Labute approximate surface area is 135 Å². The molecule has 1 aromatic carbocycles. The summed E-state index contributed by atoms with van der Waals surface area (Å²) in [6.45, 7) is 6.40. The highest BCUT2D eigenvalue weighted by atomic mass is 16.5. The molecule has 1 aliphatic heterocycles. The lowest BCUT2D eigenvalue weighted by Crippen LogP contribution is -2.18. The number of nitrogens with zero attached hydrogens (tertiary/aromatic N) is 3. The van der Waals surface area contributed by atoms with Crippen molar-refractivity contribution in [2.75, 3.05) is 4.90 Å². The summed E-state index contributed by atoms with van der Waals surface area (Å²) in [7, 11) is 0. The highest BCUT2D eigenvalue weighted by Crippen LogP contribution is 2.50. The third-order valence-electron chi connectivity index (χ3n) is 4.08. The van der Waals surface area contributed by atoms with Crippen LogP contribution >= 0.6 is 0 Å². The van der Waals surface area contributed by atoms with Gasteiger partial charge >= 0.3 is 0 Å². The van der Waals surface area contributed by atoms with E-state index in [4.69, 9.17) is 4.74 Å². The molecule has 4 nitrogen and oxygen atoms in total. The molecule has 0 radical (unpaired) electrons. The third kappa shape index (κ3) is 2.14. The zero-order valence-corrected chi connectivity index (χ0v) is 13.4. The van der Waals surface area contributed by atoms with Gasteiger partial charge in [0.1, 0.15) is 5.69 Å². The fourth-order valence-electron chi connectivity index (χ4n) is 3.28. The van der Waals surface area contributed by atoms with Gasteiger partial charge in [-0.05, 0) is 38.0 Å². The first-order valence-corrected chi connectivity index (χ1v) is 7.59. The number of benzene rings is 1. The monoisotopic (exact) mass is 303 g/mol. The summed E-state index contributed by atoms with van der Waals surface area (Å²) >= 11 is 0. The Bertz CT molecular complexity index is 836. The van der Waals surface area contributed by atoms with Gasteiger partial charge in [0.15, 0.2) is 11.5 Å². The van der Waals surface area contributed by atoms with Crippen molar-refractivity contribution in [3.05, 3.63) is 65.7 Å². The lowest BCUT2D eigenvalue weighted by Gasteiger charge is -2.34. The smallest absolute Gasteiger partial charge is 0.169 e. The first-order chi connectivity index (χ1) is 11.1. The molecule has 3 aromatic rings.